The van der Waals surface area contributed by atoms with Crippen LogP contribution in [0.4, 0.5) is 8.78 Å². The van der Waals surface area contributed by atoms with Crippen LogP contribution in [-0.2, 0) is 9.53 Å². The Morgan fingerprint density at radius 2 is 1.81 bits per heavy atom. The van der Waals surface area contributed by atoms with E-state index in [-0.39, 0.29) is 24.8 Å². The molecule has 0 aliphatic carbocycles. The van der Waals surface area contributed by atoms with Gasteiger partial charge in [0.05, 0.1) is 12.1 Å². The average molecular weight is 363 g/mol. The first-order valence-electron chi connectivity index (χ1n) is 7.79. The minimum absolute atomic E-state index is 0.152. The van der Waals surface area contributed by atoms with E-state index in [1.807, 2.05) is 6.07 Å². The summed E-state index contributed by atoms with van der Waals surface area (Å²) in [5.41, 5.74) is -0.309. The number of rotatable bonds is 5. The number of para-hydroxylation sites is 2. The zero-order chi connectivity index (χ0) is 18.5. The number of benzene rings is 2. The van der Waals surface area contributed by atoms with Gasteiger partial charge in [0.25, 0.3) is 5.91 Å². The van der Waals surface area contributed by atoms with E-state index in [9.17, 15) is 18.4 Å². The molecule has 0 saturated heterocycles. The SMILES string of the molecule is O=C(COC(=O)c1cc(F)cc(F)c1)NC[C@H]1COc2ccccc2O1. The van der Waals surface area contributed by atoms with Gasteiger partial charge in [0.2, 0.25) is 0 Å². The highest BCUT2D eigenvalue weighted by Crippen LogP contribution is 2.30. The van der Waals surface area contributed by atoms with Crippen LogP contribution in [0, 0.1) is 11.6 Å². The first kappa shape index (κ1) is 17.7. The Balaban J connectivity index is 1.44. The summed E-state index contributed by atoms with van der Waals surface area (Å²) in [6.07, 6.45) is -0.387. The predicted octanol–water partition coefficient (Wildman–Crippen LogP) is 2.08. The van der Waals surface area contributed by atoms with E-state index in [4.69, 9.17) is 14.2 Å². The molecule has 1 amide bonds. The van der Waals surface area contributed by atoms with Crippen molar-refractivity contribution in [3.8, 4) is 11.5 Å². The van der Waals surface area contributed by atoms with Gasteiger partial charge in [-0.2, -0.15) is 0 Å². The number of amides is 1. The number of esters is 1. The van der Waals surface area contributed by atoms with Gasteiger partial charge in [-0.15, -0.1) is 0 Å². The van der Waals surface area contributed by atoms with E-state index in [0.717, 1.165) is 12.1 Å². The van der Waals surface area contributed by atoms with Crippen molar-refractivity contribution in [2.75, 3.05) is 19.8 Å². The van der Waals surface area contributed by atoms with E-state index < -0.39 is 30.1 Å². The van der Waals surface area contributed by atoms with Gasteiger partial charge in [-0.1, -0.05) is 12.1 Å². The minimum Gasteiger partial charge on any atom is -0.486 e. The lowest BCUT2D eigenvalue weighted by Crippen LogP contribution is -2.42. The van der Waals surface area contributed by atoms with Crippen LogP contribution in [0.5, 0.6) is 11.5 Å². The van der Waals surface area contributed by atoms with Gasteiger partial charge in [-0.3, -0.25) is 4.79 Å². The number of ether oxygens (including phenoxy) is 3. The second-order valence-corrected chi connectivity index (χ2v) is 5.54. The molecule has 26 heavy (non-hydrogen) atoms. The molecule has 136 valence electrons. The third-order valence-corrected chi connectivity index (χ3v) is 3.53. The lowest BCUT2D eigenvalue weighted by atomic mass is 10.2. The van der Waals surface area contributed by atoms with Crippen LogP contribution in [0.2, 0.25) is 0 Å². The van der Waals surface area contributed by atoms with Crippen molar-refractivity contribution >= 4 is 11.9 Å². The second kappa shape index (κ2) is 7.81. The van der Waals surface area contributed by atoms with Crippen LogP contribution in [0.25, 0.3) is 0 Å². The fraction of sp³-hybridized carbons (Fsp3) is 0.222. The average Bonchev–Trinajstić information content (AvgIpc) is 2.63. The van der Waals surface area contributed by atoms with Crippen molar-refractivity contribution in [2.24, 2.45) is 0 Å². The molecule has 1 heterocycles. The van der Waals surface area contributed by atoms with Crippen molar-refractivity contribution in [3.63, 3.8) is 0 Å². The minimum atomic E-state index is -0.996. The molecule has 3 rings (SSSR count). The number of nitrogens with one attached hydrogen (secondary N) is 1. The van der Waals surface area contributed by atoms with Crippen LogP contribution in [0.3, 0.4) is 0 Å². The monoisotopic (exact) mass is 363 g/mol. The summed E-state index contributed by atoms with van der Waals surface area (Å²) in [4.78, 5) is 23.5. The molecule has 0 radical (unpaired) electrons. The topological polar surface area (TPSA) is 73.9 Å². The molecule has 0 spiro atoms. The van der Waals surface area contributed by atoms with Crippen molar-refractivity contribution in [1.82, 2.24) is 5.32 Å². The Morgan fingerprint density at radius 3 is 2.54 bits per heavy atom. The van der Waals surface area contributed by atoms with Gasteiger partial charge in [-0.25, -0.2) is 13.6 Å². The van der Waals surface area contributed by atoms with E-state index in [0.29, 0.717) is 17.6 Å². The van der Waals surface area contributed by atoms with Crippen LogP contribution in [0.15, 0.2) is 42.5 Å². The fourth-order valence-corrected chi connectivity index (χ4v) is 2.33. The summed E-state index contributed by atoms with van der Waals surface area (Å²) < 4.78 is 42.1. The van der Waals surface area contributed by atoms with Gasteiger partial charge >= 0.3 is 5.97 Å². The Morgan fingerprint density at radius 1 is 1.12 bits per heavy atom. The third-order valence-electron chi connectivity index (χ3n) is 3.53. The van der Waals surface area contributed by atoms with E-state index in [1.165, 1.54) is 0 Å². The molecule has 1 aliphatic heterocycles. The summed E-state index contributed by atoms with van der Waals surface area (Å²) in [7, 11) is 0. The van der Waals surface area contributed by atoms with Crippen molar-refractivity contribution in [2.45, 2.75) is 6.10 Å². The van der Waals surface area contributed by atoms with Crippen LogP contribution in [0.1, 0.15) is 10.4 Å². The maximum Gasteiger partial charge on any atom is 0.338 e. The molecule has 0 unspecified atom stereocenters. The molecule has 0 aromatic heterocycles. The molecule has 0 bridgehead atoms. The van der Waals surface area contributed by atoms with Crippen molar-refractivity contribution < 1.29 is 32.6 Å². The number of halogens is 2. The highest BCUT2D eigenvalue weighted by Gasteiger charge is 2.21. The number of hydrogen-bond donors (Lipinski definition) is 1. The molecule has 6 nitrogen and oxygen atoms in total. The molecule has 8 heteroatoms. The Kier molecular flexibility index (Phi) is 5.31. The molecule has 2 aromatic carbocycles. The predicted molar refractivity (Wildman–Crippen MR) is 86.0 cm³/mol. The highest BCUT2D eigenvalue weighted by atomic mass is 19.1. The normalized spacial score (nSPS) is 15.2. The quantitative estimate of drug-likeness (QED) is 0.824. The highest BCUT2D eigenvalue weighted by molar-refractivity contribution is 5.91. The molecular formula is C18H15F2NO5. The lowest BCUT2D eigenvalue weighted by Gasteiger charge is -2.26. The van der Waals surface area contributed by atoms with E-state index in [1.54, 1.807) is 18.2 Å². The zero-order valence-corrected chi connectivity index (χ0v) is 13.5. The molecule has 1 aliphatic rings. The first-order chi connectivity index (χ1) is 12.5. The number of fused-ring (bicyclic) bond motifs is 1. The number of hydrogen-bond acceptors (Lipinski definition) is 5. The van der Waals surface area contributed by atoms with Gasteiger partial charge < -0.3 is 19.5 Å². The molecular weight excluding hydrogens is 348 g/mol. The first-order valence-corrected chi connectivity index (χ1v) is 7.79. The maximum atomic E-state index is 13.1. The lowest BCUT2D eigenvalue weighted by molar-refractivity contribution is -0.124. The van der Waals surface area contributed by atoms with Crippen molar-refractivity contribution in [1.29, 1.82) is 0 Å². The van der Waals surface area contributed by atoms with Crippen LogP contribution >= 0.6 is 0 Å². The largest absolute Gasteiger partial charge is 0.486 e. The van der Waals surface area contributed by atoms with Crippen LogP contribution < -0.4 is 14.8 Å². The van der Waals surface area contributed by atoms with E-state index >= 15 is 0 Å². The molecule has 0 saturated carbocycles. The number of carbonyl (C=O) groups excluding carboxylic acids is 2. The summed E-state index contributed by atoms with van der Waals surface area (Å²) in [6.45, 7) is -0.167. The third kappa shape index (κ3) is 4.47. The summed E-state index contributed by atoms with van der Waals surface area (Å²) in [5.74, 6) is -2.17. The van der Waals surface area contributed by atoms with E-state index in [2.05, 4.69) is 5.32 Å². The summed E-state index contributed by atoms with van der Waals surface area (Å²) in [6, 6.07) is 9.44. The zero-order valence-electron chi connectivity index (χ0n) is 13.5. The smallest absolute Gasteiger partial charge is 0.338 e. The number of carbonyl (C=O) groups is 2. The molecule has 1 N–H and O–H groups in total. The molecule has 0 fully saturated rings. The van der Waals surface area contributed by atoms with Gasteiger partial charge in [0.1, 0.15) is 24.3 Å². The molecule has 1 atom stereocenters. The Hall–Kier alpha value is -3.16. The van der Waals surface area contributed by atoms with Gasteiger partial charge in [-0.05, 0) is 24.3 Å². The molecule has 2 aromatic rings. The summed E-state index contributed by atoms with van der Waals surface area (Å²) >= 11 is 0. The van der Waals surface area contributed by atoms with Crippen molar-refractivity contribution in [3.05, 3.63) is 59.7 Å². The van der Waals surface area contributed by atoms with Gasteiger partial charge in [0, 0.05) is 6.07 Å². The van der Waals surface area contributed by atoms with Crippen LogP contribution in [-0.4, -0.2) is 37.7 Å². The maximum absolute atomic E-state index is 13.1. The fourth-order valence-electron chi connectivity index (χ4n) is 2.33. The Bertz CT molecular complexity index is 807. The summed E-state index contributed by atoms with van der Waals surface area (Å²) in [5, 5.41) is 2.54. The van der Waals surface area contributed by atoms with Gasteiger partial charge in [0.15, 0.2) is 18.1 Å². The standard InChI is InChI=1S/C18H15F2NO5/c19-12-5-11(6-13(20)7-12)18(23)25-10-17(22)21-8-14-9-24-15-3-1-2-4-16(15)26-14/h1-7,14H,8-10H2,(H,21,22)/t14-/m0/s1. The second-order valence-electron chi connectivity index (χ2n) is 5.54. The Labute approximate surface area is 147 Å².